The minimum Gasteiger partial charge on any atom is -0.378 e. The fourth-order valence-electron chi connectivity index (χ4n) is 2.88. The summed E-state index contributed by atoms with van der Waals surface area (Å²) in [5, 5.41) is 14.3. The molecule has 2 N–H and O–H groups in total. The van der Waals surface area contributed by atoms with Crippen molar-refractivity contribution in [2.24, 2.45) is 0 Å². The molecular weight excluding hydrogens is 392 g/mol. The van der Waals surface area contributed by atoms with E-state index >= 15 is 0 Å². The van der Waals surface area contributed by atoms with Crippen LogP contribution in [-0.4, -0.2) is 64.8 Å². The fourth-order valence-corrected chi connectivity index (χ4v) is 3.61. The van der Waals surface area contributed by atoms with Gasteiger partial charge < -0.3 is 15.0 Å². The Morgan fingerprint density at radius 1 is 1.17 bits per heavy atom. The maximum atomic E-state index is 12.1. The van der Waals surface area contributed by atoms with Crippen LogP contribution in [0.5, 0.6) is 0 Å². The van der Waals surface area contributed by atoms with Crippen molar-refractivity contribution in [3.05, 3.63) is 35.9 Å². The number of imide groups is 1. The fraction of sp³-hybridized carbons (Fsp3) is 0.474. The molecule has 1 aliphatic rings. The third-order valence-corrected chi connectivity index (χ3v) is 5.15. The van der Waals surface area contributed by atoms with Crippen LogP contribution in [0, 0.1) is 0 Å². The van der Waals surface area contributed by atoms with Gasteiger partial charge in [-0.3, -0.25) is 14.7 Å². The van der Waals surface area contributed by atoms with Crippen molar-refractivity contribution in [2.75, 3.05) is 37.0 Å². The highest BCUT2D eigenvalue weighted by Gasteiger charge is 2.21. The summed E-state index contributed by atoms with van der Waals surface area (Å²) in [7, 11) is 0. The lowest BCUT2D eigenvalue weighted by molar-refractivity contribution is -0.117. The molecule has 0 aliphatic carbocycles. The van der Waals surface area contributed by atoms with E-state index in [0.717, 1.165) is 24.6 Å². The molecule has 3 amide bonds. The van der Waals surface area contributed by atoms with Gasteiger partial charge in [-0.25, -0.2) is 4.79 Å². The second-order valence-corrected chi connectivity index (χ2v) is 7.86. The normalized spacial score (nSPS) is 14.1. The first-order valence-electron chi connectivity index (χ1n) is 9.56. The predicted molar refractivity (Wildman–Crippen MR) is 111 cm³/mol. The van der Waals surface area contributed by atoms with Gasteiger partial charge >= 0.3 is 6.03 Å². The molecular formula is C19H26N6O3S. The Hall–Kier alpha value is -2.59. The minimum absolute atomic E-state index is 0.0412. The number of carbonyl (C=O) groups is 2. The Balaban J connectivity index is 1.71. The number of rotatable bonds is 7. The molecule has 1 aromatic heterocycles. The van der Waals surface area contributed by atoms with Crippen molar-refractivity contribution >= 4 is 29.6 Å². The number of nitrogens with one attached hydrogen (secondary N) is 2. The van der Waals surface area contributed by atoms with Gasteiger partial charge in [0.2, 0.25) is 11.9 Å². The van der Waals surface area contributed by atoms with E-state index in [1.54, 1.807) is 0 Å². The third-order valence-electron chi connectivity index (χ3n) is 4.18. The average molecular weight is 419 g/mol. The number of anilines is 1. The van der Waals surface area contributed by atoms with Gasteiger partial charge in [-0.2, -0.15) is 0 Å². The first kappa shape index (κ1) is 21.1. The Morgan fingerprint density at radius 2 is 1.90 bits per heavy atom. The molecule has 1 aromatic carbocycles. The molecule has 156 valence electrons. The molecule has 0 saturated carbocycles. The minimum atomic E-state index is -0.495. The molecule has 9 nitrogen and oxygen atoms in total. The van der Waals surface area contributed by atoms with E-state index in [2.05, 4.69) is 25.7 Å². The number of thioether (sulfide) groups is 1. The number of morpholine rings is 1. The van der Waals surface area contributed by atoms with Gasteiger partial charge in [0.05, 0.1) is 25.5 Å². The molecule has 29 heavy (non-hydrogen) atoms. The smallest absolute Gasteiger partial charge is 0.321 e. The summed E-state index contributed by atoms with van der Waals surface area (Å²) in [5.74, 6) is 0.453. The highest BCUT2D eigenvalue weighted by molar-refractivity contribution is 7.99. The van der Waals surface area contributed by atoms with Crippen LogP contribution < -0.4 is 15.5 Å². The summed E-state index contributed by atoms with van der Waals surface area (Å²) in [6, 6.07) is 9.50. The second-order valence-electron chi connectivity index (χ2n) is 6.92. The summed E-state index contributed by atoms with van der Waals surface area (Å²) in [6.45, 7) is 7.04. The summed E-state index contributed by atoms with van der Waals surface area (Å²) in [6.07, 6.45) is 0. The molecule has 0 bridgehead atoms. The summed E-state index contributed by atoms with van der Waals surface area (Å²) in [5.41, 5.74) is 1.12. The molecule has 10 heteroatoms. The lowest BCUT2D eigenvalue weighted by Crippen LogP contribution is -2.43. The molecule has 0 atom stereocenters. The second kappa shape index (κ2) is 10.3. The van der Waals surface area contributed by atoms with Crippen molar-refractivity contribution in [3.8, 4) is 0 Å². The number of benzene rings is 1. The van der Waals surface area contributed by atoms with E-state index in [9.17, 15) is 9.59 Å². The number of hydrogen-bond acceptors (Lipinski definition) is 7. The number of aromatic nitrogens is 3. The zero-order chi connectivity index (χ0) is 20.6. The molecule has 0 radical (unpaired) electrons. The third kappa shape index (κ3) is 6.20. The van der Waals surface area contributed by atoms with Crippen LogP contribution in [0.2, 0.25) is 0 Å². The van der Waals surface area contributed by atoms with Crippen LogP contribution >= 0.6 is 11.8 Å². The van der Waals surface area contributed by atoms with Crippen molar-refractivity contribution in [2.45, 2.75) is 31.6 Å². The Kier molecular flexibility index (Phi) is 7.48. The molecule has 1 saturated heterocycles. The van der Waals surface area contributed by atoms with Crippen LogP contribution in [0.25, 0.3) is 0 Å². The molecule has 2 heterocycles. The van der Waals surface area contributed by atoms with Crippen LogP contribution in [0.3, 0.4) is 0 Å². The first-order valence-corrected chi connectivity index (χ1v) is 10.5. The molecule has 1 fully saturated rings. The van der Waals surface area contributed by atoms with Gasteiger partial charge in [0.25, 0.3) is 0 Å². The summed E-state index contributed by atoms with van der Waals surface area (Å²) < 4.78 is 7.44. The summed E-state index contributed by atoms with van der Waals surface area (Å²) in [4.78, 5) is 25.9. The van der Waals surface area contributed by atoms with Gasteiger partial charge in [0.1, 0.15) is 0 Å². The van der Waals surface area contributed by atoms with Crippen molar-refractivity contribution < 1.29 is 14.3 Å². The number of nitrogens with zero attached hydrogens (tertiary/aromatic N) is 4. The van der Waals surface area contributed by atoms with Crippen LogP contribution in [-0.2, 0) is 16.1 Å². The lowest BCUT2D eigenvalue weighted by atomic mass is 10.2. The number of hydrogen-bond donors (Lipinski definition) is 2. The van der Waals surface area contributed by atoms with Crippen LogP contribution in [0.1, 0.15) is 19.4 Å². The number of urea groups is 1. The average Bonchev–Trinajstić information content (AvgIpc) is 3.09. The molecule has 0 spiro atoms. The van der Waals surface area contributed by atoms with Crippen molar-refractivity contribution in [1.82, 2.24) is 25.4 Å². The van der Waals surface area contributed by atoms with E-state index in [4.69, 9.17) is 4.74 Å². The van der Waals surface area contributed by atoms with E-state index < -0.39 is 6.03 Å². The topological polar surface area (TPSA) is 101 Å². The van der Waals surface area contributed by atoms with Gasteiger partial charge in [-0.15, -0.1) is 10.2 Å². The Morgan fingerprint density at radius 3 is 2.59 bits per heavy atom. The quantitative estimate of drug-likeness (QED) is 0.657. The number of amides is 3. The molecule has 0 unspecified atom stereocenters. The standard InChI is InChI=1S/C19H26N6O3S/c1-14(2)20-17(27)21-16(26)13-29-19-23-22-18(24-8-10-28-11-9-24)25(19)12-15-6-4-3-5-7-15/h3-7,14H,8-13H2,1-2H3,(H2,20,21,26,27). The maximum absolute atomic E-state index is 12.1. The molecule has 1 aliphatic heterocycles. The monoisotopic (exact) mass is 418 g/mol. The first-order chi connectivity index (χ1) is 14.0. The van der Waals surface area contributed by atoms with E-state index in [-0.39, 0.29) is 17.7 Å². The van der Waals surface area contributed by atoms with Gasteiger partial charge in [-0.05, 0) is 19.4 Å². The predicted octanol–water partition coefficient (Wildman–Crippen LogP) is 1.49. The van der Waals surface area contributed by atoms with E-state index in [1.165, 1.54) is 11.8 Å². The molecule has 3 rings (SSSR count). The van der Waals surface area contributed by atoms with E-state index in [0.29, 0.717) is 24.9 Å². The Labute approximate surface area is 174 Å². The Bertz CT molecular complexity index is 821. The molecule has 2 aromatic rings. The van der Waals surface area contributed by atoms with E-state index in [1.807, 2.05) is 48.7 Å². The van der Waals surface area contributed by atoms with Gasteiger partial charge in [0.15, 0.2) is 5.16 Å². The maximum Gasteiger partial charge on any atom is 0.321 e. The largest absolute Gasteiger partial charge is 0.378 e. The zero-order valence-corrected chi connectivity index (χ0v) is 17.4. The van der Waals surface area contributed by atoms with Gasteiger partial charge in [-0.1, -0.05) is 42.1 Å². The number of ether oxygens (including phenoxy) is 1. The summed E-state index contributed by atoms with van der Waals surface area (Å²) >= 11 is 1.26. The highest BCUT2D eigenvalue weighted by Crippen LogP contribution is 2.24. The zero-order valence-electron chi connectivity index (χ0n) is 16.6. The van der Waals surface area contributed by atoms with Crippen molar-refractivity contribution in [3.63, 3.8) is 0 Å². The van der Waals surface area contributed by atoms with Crippen LogP contribution in [0.15, 0.2) is 35.5 Å². The number of carbonyl (C=O) groups excluding carboxylic acids is 2. The van der Waals surface area contributed by atoms with Crippen molar-refractivity contribution in [1.29, 1.82) is 0 Å². The lowest BCUT2D eigenvalue weighted by Gasteiger charge is -2.28. The van der Waals surface area contributed by atoms with Crippen LogP contribution in [0.4, 0.5) is 10.7 Å². The SMILES string of the molecule is CC(C)NC(=O)NC(=O)CSc1nnc(N2CCOCC2)n1Cc1ccccc1. The highest BCUT2D eigenvalue weighted by atomic mass is 32.2. The van der Waals surface area contributed by atoms with Gasteiger partial charge in [0, 0.05) is 19.1 Å².